The number of rotatable bonds is 20. The van der Waals surface area contributed by atoms with E-state index in [9.17, 15) is 0 Å². The van der Waals surface area contributed by atoms with Crippen LogP contribution < -0.4 is 0 Å². The van der Waals surface area contributed by atoms with Gasteiger partial charge < -0.3 is 0 Å². The third kappa shape index (κ3) is 15.9. The van der Waals surface area contributed by atoms with Gasteiger partial charge in [-0.15, -0.1) is 0 Å². The first-order chi connectivity index (χ1) is 42.6. The molecule has 0 radical (unpaired) electrons. The molecule has 10 heteroatoms. The Morgan fingerprint density at radius 3 is 0.395 bits per heavy atom. The third-order valence-electron chi connectivity index (χ3n) is 12.6. The molecule has 0 spiro atoms. The highest BCUT2D eigenvalue weighted by Gasteiger charge is 2.30. The molecule has 12 aromatic rings. The Kier molecular flexibility index (Phi) is 21.3. The Balaban J connectivity index is 1.17. The maximum atomic E-state index is 3.90. The Bertz CT molecular complexity index is 3790. The van der Waals surface area contributed by atoms with Gasteiger partial charge in [-0.2, -0.15) is 0 Å². The Labute approximate surface area is 548 Å². The van der Waals surface area contributed by atoms with E-state index in [0.29, 0.717) is 0 Å². The van der Waals surface area contributed by atoms with Crippen LogP contribution >= 0.6 is 118 Å². The van der Waals surface area contributed by atoms with Crippen LogP contribution in [0, 0.1) is 23.7 Å². The predicted molar refractivity (Wildman–Crippen MR) is 372 cm³/mol. The van der Waals surface area contributed by atoms with Crippen molar-refractivity contribution in [2.45, 2.75) is 97.9 Å². The van der Waals surface area contributed by atoms with Gasteiger partial charge in [0.1, 0.15) is 0 Å². The summed E-state index contributed by atoms with van der Waals surface area (Å²) in [6.45, 7) is 0. The first-order valence-electron chi connectivity index (χ1n) is 27.4. The average Bonchev–Trinajstić information content (AvgIpc) is 1.16. The summed E-state index contributed by atoms with van der Waals surface area (Å²) in [6, 6.07) is 108. The van der Waals surface area contributed by atoms with Gasteiger partial charge in [0.15, 0.2) is 0 Å². The monoisotopic (exact) mass is 1280 g/mol. The Morgan fingerprint density at radius 2 is 0.256 bits per heavy atom. The van der Waals surface area contributed by atoms with Crippen molar-refractivity contribution in [1.29, 1.82) is 0 Å². The lowest BCUT2D eigenvalue weighted by atomic mass is 10.2. The normalized spacial score (nSPS) is 10.8. The summed E-state index contributed by atoms with van der Waals surface area (Å²) in [5.74, 6) is 15.1. The quantitative estimate of drug-likeness (QED) is 0.0674. The smallest absolute Gasteiger partial charge is 0.0558 e. The minimum absolute atomic E-state index is 0.935. The topological polar surface area (TPSA) is 0 Å². The van der Waals surface area contributed by atoms with Crippen LogP contribution in [0.15, 0.2) is 401 Å². The summed E-state index contributed by atoms with van der Waals surface area (Å²) in [4.78, 5) is 22.6. The average molecular weight is 1280 g/mol. The highest BCUT2D eigenvalue weighted by atomic mass is 32.2. The van der Waals surface area contributed by atoms with Gasteiger partial charge in [0.2, 0.25) is 0 Å². The Hall–Kier alpha value is -6.74. The molecule has 0 aromatic heterocycles. The lowest BCUT2D eigenvalue weighted by molar-refractivity contribution is 0.943. The zero-order valence-corrected chi connectivity index (χ0v) is 54.1. The largest absolute Gasteiger partial charge is 0.0876 e. The molecule has 0 nitrogen and oxygen atoms in total. The third-order valence-corrected chi connectivity index (χ3v) is 24.9. The van der Waals surface area contributed by atoms with E-state index in [1.165, 1.54) is 9.79 Å². The molecule has 0 fully saturated rings. The fourth-order valence-corrected chi connectivity index (χ4v) is 20.6. The summed E-state index contributed by atoms with van der Waals surface area (Å²) in [5.41, 5.74) is 1.87. The summed E-state index contributed by atoms with van der Waals surface area (Å²) < 4.78 is 0. The molecule has 0 atom stereocenters. The number of benzene rings is 12. The van der Waals surface area contributed by atoms with E-state index in [1.807, 2.05) is 23.5 Å². The van der Waals surface area contributed by atoms with E-state index in [-0.39, 0.29) is 0 Å². The molecular formula is C76H50S10. The van der Waals surface area contributed by atoms with Crippen LogP contribution in [0.2, 0.25) is 0 Å². The number of hydrogen-bond donors (Lipinski definition) is 0. The highest BCUT2D eigenvalue weighted by molar-refractivity contribution is 8.06. The molecule has 0 saturated carbocycles. The lowest BCUT2D eigenvalue weighted by Crippen LogP contribution is -1.99. The fourth-order valence-electron chi connectivity index (χ4n) is 8.70. The standard InChI is InChI=1S/C76H50S10/c1-11-33-55(34-12-1)77-67-65(68(78-56-35-13-2-14-36-56)72(82-60-43-21-6-22-44-60)75(85-63-49-27-9-28-50-63)71(67)81-59-41-19-5-20-42-59)53-31-32-54-66-69(79-57-37-15-3-16-38-57)73(83-61-45-23-7-24-46-61)76(86-64-51-29-10-30-52-64)74(84-62-47-25-8-26-48-62)70(66)80-58-39-17-4-18-40-58/h1-30,33-52H. The molecule has 12 rings (SSSR count). The van der Waals surface area contributed by atoms with E-state index in [4.69, 9.17) is 0 Å². The molecule has 86 heavy (non-hydrogen) atoms. The van der Waals surface area contributed by atoms with Crippen LogP contribution in [0.3, 0.4) is 0 Å². The molecule has 0 N–H and O–H groups in total. The van der Waals surface area contributed by atoms with Gasteiger partial charge in [-0.3, -0.25) is 0 Å². The van der Waals surface area contributed by atoms with Crippen molar-refractivity contribution < 1.29 is 0 Å². The second kappa shape index (κ2) is 30.7. The van der Waals surface area contributed by atoms with Crippen molar-refractivity contribution >= 4 is 118 Å². The summed E-state index contributed by atoms with van der Waals surface area (Å²) in [6.07, 6.45) is 0. The van der Waals surface area contributed by atoms with Gasteiger partial charge >= 0.3 is 0 Å². The number of hydrogen-bond acceptors (Lipinski definition) is 10. The molecule has 0 amide bonds. The van der Waals surface area contributed by atoms with Crippen molar-refractivity contribution in [3.05, 3.63) is 314 Å². The van der Waals surface area contributed by atoms with Gasteiger partial charge in [-0.05, 0) is 133 Å². The maximum Gasteiger partial charge on any atom is 0.0558 e. The van der Waals surface area contributed by atoms with Crippen molar-refractivity contribution in [2.75, 3.05) is 0 Å². The summed E-state index contributed by atoms with van der Waals surface area (Å²) >= 11 is 17.9. The zero-order chi connectivity index (χ0) is 58.0. The van der Waals surface area contributed by atoms with Crippen molar-refractivity contribution in [1.82, 2.24) is 0 Å². The molecule has 0 heterocycles. The van der Waals surface area contributed by atoms with Gasteiger partial charge in [-0.1, -0.05) is 311 Å². The van der Waals surface area contributed by atoms with Crippen LogP contribution in [0.5, 0.6) is 0 Å². The molecule has 0 saturated heterocycles. The second-order valence-corrected chi connectivity index (χ2v) is 29.5. The SMILES string of the molecule is C(C#Cc1c(Sc2ccccc2)c(Sc2ccccc2)c(Sc2ccccc2)c(Sc2ccccc2)c1Sc1ccccc1)#Cc1c(Sc2ccccc2)c(Sc2ccccc2)c(Sc2ccccc2)c(Sc2ccccc2)c1Sc1ccccc1. The van der Waals surface area contributed by atoms with E-state index in [0.717, 1.165) is 99.2 Å². The summed E-state index contributed by atoms with van der Waals surface area (Å²) in [7, 11) is 0. The minimum atomic E-state index is 0.935. The van der Waals surface area contributed by atoms with Crippen LogP contribution in [0.1, 0.15) is 11.1 Å². The van der Waals surface area contributed by atoms with E-state index >= 15 is 0 Å². The lowest BCUT2D eigenvalue weighted by Gasteiger charge is -2.24. The van der Waals surface area contributed by atoms with E-state index in [2.05, 4.69) is 327 Å². The highest BCUT2D eigenvalue weighted by Crippen LogP contribution is 2.58. The van der Waals surface area contributed by atoms with Crippen molar-refractivity contribution in [3.63, 3.8) is 0 Å². The fraction of sp³-hybridized carbons (Fsp3) is 0. The molecule has 414 valence electrons. The molecule has 0 aliphatic heterocycles. The van der Waals surface area contributed by atoms with E-state index < -0.39 is 0 Å². The van der Waals surface area contributed by atoms with E-state index in [1.54, 1.807) is 94.1 Å². The first-order valence-corrected chi connectivity index (χ1v) is 35.6. The second-order valence-electron chi connectivity index (χ2n) is 18.7. The predicted octanol–water partition coefficient (Wildman–Crippen LogP) is 24.6. The molecule has 0 bridgehead atoms. The van der Waals surface area contributed by atoms with Crippen molar-refractivity contribution in [2.24, 2.45) is 0 Å². The van der Waals surface area contributed by atoms with Crippen molar-refractivity contribution in [3.8, 4) is 23.7 Å². The maximum absolute atomic E-state index is 3.90. The molecular weight excluding hydrogens is 1230 g/mol. The van der Waals surface area contributed by atoms with Crippen LogP contribution in [0.4, 0.5) is 0 Å². The van der Waals surface area contributed by atoms with Gasteiger partial charge in [0.05, 0.1) is 11.1 Å². The van der Waals surface area contributed by atoms with Gasteiger partial charge in [-0.25, -0.2) is 0 Å². The van der Waals surface area contributed by atoms with Crippen LogP contribution in [-0.2, 0) is 0 Å². The summed E-state index contributed by atoms with van der Waals surface area (Å²) in [5, 5.41) is 0. The van der Waals surface area contributed by atoms with Crippen LogP contribution in [-0.4, -0.2) is 0 Å². The minimum Gasteiger partial charge on any atom is -0.0876 e. The van der Waals surface area contributed by atoms with Gasteiger partial charge in [0.25, 0.3) is 0 Å². The first kappa shape index (κ1) is 59.6. The van der Waals surface area contributed by atoms with Crippen LogP contribution in [0.25, 0.3) is 0 Å². The molecule has 0 unspecified atom stereocenters. The molecule has 12 aromatic carbocycles. The molecule has 0 aliphatic rings. The molecule has 0 aliphatic carbocycles. The Morgan fingerprint density at radius 1 is 0.140 bits per heavy atom. The zero-order valence-electron chi connectivity index (χ0n) is 45.9. The van der Waals surface area contributed by atoms with Gasteiger partial charge in [0, 0.05) is 97.9 Å².